The van der Waals surface area contributed by atoms with Crippen LogP contribution in [0.1, 0.15) is 17.2 Å². The molecule has 7 nitrogen and oxygen atoms in total. The van der Waals surface area contributed by atoms with Gasteiger partial charge in [-0.2, -0.15) is 4.98 Å². The molecule has 0 saturated carbocycles. The largest absolute Gasteiger partial charge is 0.497 e. The molecule has 0 spiro atoms. The fourth-order valence-electron chi connectivity index (χ4n) is 3.44. The predicted molar refractivity (Wildman–Crippen MR) is 118 cm³/mol. The minimum absolute atomic E-state index is 0.483. The maximum atomic E-state index is 12.3. The first-order chi connectivity index (χ1) is 14.5. The van der Waals surface area contributed by atoms with Crippen molar-refractivity contribution in [2.24, 2.45) is 11.7 Å². The number of ether oxygens (including phenoxy) is 1. The number of aromatic nitrogens is 3. The van der Waals surface area contributed by atoms with Gasteiger partial charge in [0.05, 0.1) is 13.2 Å². The molecule has 30 heavy (non-hydrogen) atoms. The van der Waals surface area contributed by atoms with Crippen molar-refractivity contribution in [3.8, 4) is 5.75 Å². The third-order valence-electron chi connectivity index (χ3n) is 4.90. The summed E-state index contributed by atoms with van der Waals surface area (Å²) < 4.78 is 7.03. The Kier molecular flexibility index (Phi) is 5.69. The average molecular weight is 442 g/mol. The van der Waals surface area contributed by atoms with Crippen molar-refractivity contribution in [3.05, 3.63) is 77.0 Å². The molecule has 3 N–H and O–H groups in total. The van der Waals surface area contributed by atoms with Crippen LogP contribution in [-0.2, 0) is 10.5 Å². The van der Waals surface area contributed by atoms with Crippen molar-refractivity contribution in [2.45, 2.75) is 17.0 Å². The van der Waals surface area contributed by atoms with Crippen LogP contribution >= 0.6 is 23.4 Å². The molecule has 0 unspecified atom stereocenters. The Morgan fingerprint density at radius 2 is 2.13 bits per heavy atom. The number of nitrogens with two attached hydrogens (primary N) is 1. The fraction of sp³-hybridized carbons (Fsp3) is 0.190. The Hall–Kier alpha value is -2.97. The molecular formula is C21H20ClN5O2S. The quantitative estimate of drug-likeness (QED) is 0.564. The van der Waals surface area contributed by atoms with E-state index < -0.39 is 17.9 Å². The van der Waals surface area contributed by atoms with Gasteiger partial charge < -0.3 is 15.8 Å². The van der Waals surface area contributed by atoms with Gasteiger partial charge >= 0.3 is 0 Å². The first-order valence-electron chi connectivity index (χ1n) is 9.19. The van der Waals surface area contributed by atoms with Crippen LogP contribution in [0.4, 0.5) is 5.95 Å². The highest BCUT2D eigenvalue weighted by molar-refractivity contribution is 7.98. The van der Waals surface area contributed by atoms with E-state index in [9.17, 15) is 4.79 Å². The van der Waals surface area contributed by atoms with Gasteiger partial charge in [-0.25, -0.2) is 4.68 Å². The molecule has 1 aromatic heterocycles. The minimum atomic E-state index is -0.687. The van der Waals surface area contributed by atoms with Crippen molar-refractivity contribution in [3.63, 3.8) is 0 Å². The van der Waals surface area contributed by atoms with E-state index in [-0.39, 0.29) is 0 Å². The van der Waals surface area contributed by atoms with E-state index in [1.165, 1.54) is 11.8 Å². The highest BCUT2D eigenvalue weighted by Gasteiger charge is 2.39. The molecule has 2 heterocycles. The second-order valence-corrected chi connectivity index (χ2v) is 8.14. The normalized spacial score (nSPS) is 17.9. The summed E-state index contributed by atoms with van der Waals surface area (Å²) in [4.78, 5) is 16.9. The molecule has 1 amide bonds. The first-order valence-corrected chi connectivity index (χ1v) is 10.6. The monoisotopic (exact) mass is 441 g/mol. The number of benzene rings is 2. The lowest BCUT2D eigenvalue weighted by Crippen LogP contribution is -2.40. The molecular weight excluding hydrogens is 422 g/mol. The van der Waals surface area contributed by atoms with Gasteiger partial charge in [-0.3, -0.25) is 4.79 Å². The zero-order chi connectivity index (χ0) is 21.3. The van der Waals surface area contributed by atoms with Crippen molar-refractivity contribution in [2.75, 3.05) is 12.4 Å². The average Bonchev–Trinajstić information content (AvgIpc) is 3.14. The van der Waals surface area contributed by atoms with E-state index in [1.807, 2.05) is 48.5 Å². The number of halogens is 1. The minimum Gasteiger partial charge on any atom is -0.497 e. The van der Waals surface area contributed by atoms with Crippen molar-refractivity contribution < 1.29 is 9.53 Å². The van der Waals surface area contributed by atoms with Crippen molar-refractivity contribution in [1.82, 2.24) is 14.8 Å². The van der Waals surface area contributed by atoms with Crippen LogP contribution in [0.5, 0.6) is 5.75 Å². The molecule has 154 valence electrons. The first kappa shape index (κ1) is 20.3. The number of fused-ring (bicyclic) bond motifs is 1. The van der Waals surface area contributed by atoms with Crippen LogP contribution < -0.4 is 15.8 Å². The number of hydrogen-bond donors (Lipinski definition) is 2. The number of amides is 1. The molecule has 1 aliphatic heterocycles. The lowest BCUT2D eigenvalue weighted by atomic mass is 9.88. The Labute approximate surface area is 183 Å². The molecule has 0 fully saturated rings. The lowest BCUT2D eigenvalue weighted by molar-refractivity contribution is -0.121. The number of nitrogens with one attached hydrogen (secondary N) is 1. The van der Waals surface area contributed by atoms with Gasteiger partial charge in [0.1, 0.15) is 11.7 Å². The Balaban J connectivity index is 1.70. The molecule has 9 heteroatoms. The third-order valence-corrected chi connectivity index (χ3v) is 6.15. The maximum Gasteiger partial charge on any atom is 0.229 e. The van der Waals surface area contributed by atoms with Crippen LogP contribution in [0, 0.1) is 5.92 Å². The predicted octanol–water partition coefficient (Wildman–Crippen LogP) is 3.86. The molecule has 0 saturated heterocycles. The molecule has 0 radical (unpaired) electrons. The summed E-state index contributed by atoms with van der Waals surface area (Å²) in [6.45, 7) is 4.00. The molecule has 3 aromatic rings. The SMILES string of the molecule is C=C1Nc2nc(SCc3ccccc3Cl)nn2[C@@H](c2cccc(OC)c2)[C@@H]1C(N)=O. The zero-order valence-corrected chi connectivity index (χ0v) is 17.8. The van der Waals surface area contributed by atoms with Crippen LogP contribution in [0.15, 0.2) is 66.0 Å². The number of hydrogen-bond acceptors (Lipinski definition) is 6. The van der Waals surface area contributed by atoms with Gasteiger partial charge in [-0.15, -0.1) is 5.10 Å². The van der Waals surface area contributed by atoms with Gasteiger partial charge in [-0.05, 0) is 29.3 Å². The smallest absolute Gasteiger partial charge is 0.229 e. The number of nitrogens with zero attached hydrogens (tertiary/aromatic N) is 3. The standard InChI is InChI=1S/C21H20ClN5O2S/c1-12-17(19(23)28)18(13-7-5-8-15(10-13)29-2)27-20(24-12)25-21(26-27)30-11-14-6-3-4-9-16(14)22/h3-10,17-18H,1,11H2,2H3,(H2,23,28)(H,24,25,26)/t17-,18+/m1/s1. The number of carbonyl (C=O) groups excluding carboxylic acids is 1. The summed E-state index contributed by atoms with van der Waals surface area (Å²) in [5.41, 5.74) is 8.03. The van der Waals surface area contributed by atoms with Gasteiger partial charge in [0.2, 0.25) is 17.0 Å². The highest BCUT2D eigenvalue weighted by Crippen LogP contribution is 2.39. The topological polar surface area (TPSA) is 95.1 Å². The number of methoxy groups -OCH3 is 1. The van der Waals surface area contributed by atoms with Gasteiger partial charge in [0, 0.05) is 16.5 Å². The summed E-state index contributed by atoms with van der Waals surface area (Å²) in [7, 11) is 1.59. The molecule has 0 bridgehead atoms. The van der Waals surface area contributed by atoms with Crippen molar-refractivity contribution >= 4 is 35.2 Å². The van der Waals surface area contributed by atoms with Crippen LogP contribution in [0.3, 0.4) is 0 Å². The van der Waals surface area contributed by atoms with E-state index in [0.29, 0.717) is 33.3 Å². The molecule has 2 aromatic carbocycles. The van der Waals surface area contributed by atoms with E-state index >= 15 is 0 Å². The van der Waals surface area contributed by atoms with Gasteiger partial charge in [0.15, 0.2) is 0 Å². The van der Waals surface area contributed by atoms with Crippen molar-refractivity contribution in [1.29, 1.82) is 0 Å². The second-order valence-electron chi connectivity index (χ2n) is 6.79. The molecule has 0 aliphatic carbocycles. The molecule has 2 atom stereocenters. The summed E-state index contributed by atoms with van der Waals surface area (Å²) in [5.74, 6) is 0.619. The third kappa shape index (κ3) is 3.88. The van der Waals surface area contributed by atoms with Gasteiger partial charge in [-0.1, -0.05) is 60.3 Å². The summed E-state index contributed by atoms with van der Waals surface area (Å²) in [5, 5.41) is 8.98. The zero-order valence-electron chi connectivity index (χ0n) is 16.2. The van der Waals surface area contributed by atoms with E-state index in [2.05, 4.69) is 22.0 Å². The van der Waals surface area contributed by atoms with Crippen LogP contribution in [0.2, 0.25) is 5.02 Å². The van der Waals surface area contributed by atoms with Gasteiger partial charge in [0.25, 0.3) is 0 Å². The summed E-state index contributed by atoms with van der Waals surface area (Å²) in [6.07, 6.45) is 0. The van der Waals surface area contributed by atoms with E-state index in [0.717, 1.165) is 11.1 Å². The number of thioether (sulfide) groups is 1. The number of carbonyl (C=O) groups is 1. The molecule has 1 aliphatic rings. The maximum absolute atomic E-state index is 12.3. The Morgan fingerprint density at radius 1 is 1.33 bits per heavy atom. The second kappa shape index (κ2) is 8.41. The highest BCUT2D eigenvalue weighted by atomic mass is 35.5. The summed E-state index contributed by atoms with van der Waals surface area (Å²) in [6, 6.07) is 14.6. The van der Waals surface area contributed by atoms with Crippen LogP contribution in [0.25, 0.3) is 0 Å². The number of primary amides is 1. The number of anilines is 1. The Morgan fingerprint density at radius 3 is 2.87 bits per heavy atom. The molecule has 4 rings (SSSR count). The van der Waals surface area contributed by atoms with E-state index in [4.69, 9.17) is 22.1 Å². The number of rotatable bonds is 6. The van der Waals surface area contributed by atoms with E-state index in [1.54, 1.807) is 11.8 Å². The summed E-state index contributed by atoms with van der Waals surface area (Å²) >= 11 is 7.71. The van der Waals surface area contributed by atoms with Crippen LogP contribution in [-0.4, -0.2) is 27.8 Å². The fourth-order valence-corrected chi connectivity index (χ4v) is 4.56. The Bertz CT molecular complexity index is 1120. The lowest BCUT2D eigenvalue weighted by Gasteiger charge is -2.32.